The molecule has 0 atom stereocenters. The molecule has 0 fully saturated rings. The van der Waals surface area contributed by atoms with E-state index in [1.165, 1.54) is 11.1 Å². The molecule has 0 heterocycles. The topological polar surface area (TPSA) is 0 Å². The van der Waals surface area contributed by atoms with E-state index in [2.05, 4.69) is 37.8 Å². The first-order valence-corrected chi connectivity index (χ1v) is 3.35. The van der Waals surface area contributed by atoms with Crippen molar-refractivity contribution < 1.29 is 0 Å². The van der Waals surface area contributed by atoms with Gasteiger partial charge in [0.2, 0.25) is 0 Å². The van der Waals surface area contributed by atoms with E-state index in [0.29, 0.717) is 0 Å². The largest absolute Gasteiger partial charge is 0.102 e. The lowest BCUT2D eigenvalue weighted by atomic mass is 10.1. The predicted octanol–water partition coefficient (Wildman–Crippen LogP) is 2.73. The van der Waals surface area contributed by atoms with Gasteiger partial charge in [-0.05, 0) is 12.5 Å². The van der Waals surface area contributed by atoms with Gasteiger partial charge in [0.25, 0.3) is 0 Å². The summed E-state index contributed by atoms with van der Waals surface area (Å²) < 4.78 is 0. The molecule has 1 aromatic carbocycles. The average molecular weight is 131 g/mol. The third-order valence-electron chi connectivity index (χ3n) is 1.39. The molecule has 51 valence electrons. The number of aryl methyl sites for hydroxylation is 1. The van der Waals surface area contributed by atoms with Crippen LogP contribution in [0.3, 0.4) is 0 Å². The zero-order chi connectivity index (χ0) is 7.40. The molecule has 0 nitrogen and oxygen atoms in total. The summed E-state index contributed by atoms with van der Waals surface area (Å²) in [5.41, 5.74) is 2.50. The van der Waals surface area contributed by atoms with Crippen LogP contribution in [-0.2, 0) is 0 Å². The third-order valence-corrected chi connectivity index (χ3v) is 1.39. The van der Waals surface area contributed by atoms with Crippen LogP contribution in [0.5, 0.6) is 0 Å². The van der Waals surface area contributed by atoms with E-state index >= 15 is 0 Å². The summed E-state index contributed by atoms with van der Waals surface area (Å²) in [6.07, 6.45) is 3.78. The molecule has 0 aliphatic rings. The first kappa shape index (κ1) is 7.07. The van der Waals surface area contributed by atoms with Crippen molar-refractivity contribution >= 4 is 0 Å². The van der Waals surface area contributed by atoms with E-state index in [0.717, 1.165) is 0 Å². The van der Waals surface area contributed by atoms with E-state index in [-0.39, 0.29) is 0 Å². The molecule has 0 aliphatic carbocycles. The molecular formula is C10H11. The van der Waals surface area contributed by atoms with Gasteiger partial charge in [-0.3, -0.25) is 0 Å². The molecule has 1 radical (unpaired) electrons. The average Bonchev–Trinajstić information content (AvgIpc) is 1.95. The predicted molar refractivity (Wildman–Crippen MR) is 44.8 cm³/mol. The second kappa shape index (κ2) is 3.21. The molecular weight excluding hydrogens is 120 g/mol. The van der Waals surface area contributed by atoms with Crippen molar-refractivity contribution in [3.63, 3.8) is 0 Å². The summed E-state index contributed by atoms with van der Waals surface area (Å²) in [6, 6.07) is 8.35. The Balaban J connectivity index is 2.78. The van der Waals surface area contributed by atoms with Crippen molar-refractivity contribution in [1.82, 2.24) is 0 Å². The fourth-order valence-corrected chi connectivity index (χ4v) is 0.814. The Hall–Kier alpha value is -1.04. The minimum Gasteiger partial charge on any atom is -0.102 e. The Labute approximate surface area is 62.2 Å². The number of benzene rings is 1. The van der Waals surface area contributed by atoms with Crippen LogP contribution in [0.1, 0.15) is 11.1 Å². The van der Waals surface area contributed by atoms with E-state index in [1.54, 1.807) is 6.08 Å². The monoisotopic (exact) mass is 131 g/mol. The van der Waals surface area contributed by atoms with Crippen molar-refractivity contribution in [2.24, 2.45) is 0 Å². The van der Waals surface area contributed by atoms with Crippen LogP contribution in [-0.4, -0.2) is 0 Å². The van der Waals surface area contributed by atoms with Gasteiger partial charge in [-0.2, -0.15) is 0 Å². The number of allylic oxidation sites excluding steroid dienone is 1. The molecule has 10 heavy (non-hydrogen) atoms. The van der Waals surface area contributed by atoms with Crippen LogP contribution < -0.4 is 0 Å². The summed E-state index contributed by atoms with van der Waals surface area (Å²) in [4.78, 5) is 0. The van der Waals surface area contributed by atoms with Crippen molar-refractivity contribution in [3.8, 4) is 0 Å². The van der Waals surface area contributed by atoms with Crippen LogP contribution in [0, 0.1) is 13.3 Å². The van der Waals surface area contributed by atoms with Crippen LogP contribution >= 0.6 is 0 Å². The first-order valence-electron chi connectivity index (χ1n) is 3.35. The maximum absolute atomic E-state index is 3.62. The molecule has 1 aromatic rings. The molecule has 0 heteroatoms. The SMILES string of the molecule is C=C[CH]c1ccc(C)cc1. The van der Waals surface area contributed by atoms with Crippen LogP contribution in [0.4, 0.5) is 0 Å². The molecule has 1 rings (SSSR count). The van der Waals surface area contributed by atoms with Crippen molar-refractivity contribution in [2.75, 3.05) is 0 Å². The van der Waals surface area contributed by atoms with Crippen LogP contribution in [0.2, 0.25) is 0 Å². The molecule has 0 amide bonds. The molecule has 0 aromatic heterocycles. The maximum Gasteiger partial charge on any atom is 0.0119 e. The summed E-state index contributed by atoms with van der Waals surface area (Å²) in [6.45, 7) is 5.70. The smallest absolute Gasteiger partial charge is 0.0119 e. The highest BCUT2D eigenvalue weighted by Crippen LogP contribution is 2.04. The van der Waals surface area contributed by atoms with E-state index in [9.17, 15) is 0 Å². The van der Waals surface area contributed by atoms with Crippen molar-refractivity contribution in [3.05, 3.63) is 54.5 Å². The molecule has 0 saturated heterocycles. The molecule has 0 unspecified atom stereocenters. The van der Waals surface area contributed by atoms with Crippen molar-refractivity contribution in [1.29, 1.82) is 0 Å². The van der Waals surface area contributed by atoms with Gasteiger partial charge in [-0.25, -0.2) is 0 Å². The minimum absolute atomic E-state index is 1.21. The van der Waals surface area contributed by atoms with Gasteiger partial charge in [0.1, 0.15) is 0 Å². The molecule has 0 spiro atoms. The van der Waals surface area contributed by atoms with E-state index in [4.69, 9.17) is 0 Å². The highest BCUT2D eigenvalue weighted by Gasteiger charge is 1.86. The van der Waals surface area contributed by atoms with E-state index in [1.807, 2.05) is 6.42 Å². The van der Waals surface area contributed by atoms with Crippen LogP contribution in [0.25, 0.3) is 0 Å². The first-order chi connectivity index (χ1) is 4.83. The summed E-state index contributed by atoms with van der Waals surface area (Å²) in [5, 5.41) is 0. The van der Waals surface area contributed by atoms with Gasteiger partial charge in [0, 0.05) is 6.42 Å². The fraction of sp³-hybridized carbons (Fsp3) is 0.100. The number of rotatable bonds is 2. The van der Waals surface area contributed by atoms with Crippen LogP contribution in [0.15, 0.2) is 36.9 Å². The number of hydrogen-bond donors (Lipinski definition) is 0. The van der Waals surface area contributed by atoms with Gasteiger partial charge in [0.15, 0.2) is 0 Å². The Morgan fingerprint density at radius 3 is 2.30 bits per heavy atom. The van der Waals surface area contributed by atoms with Gasteiger partial charge in [-0.1, -0.05) is 35.9 Å². The zero-order valence-corrected chi connectivity index (χ0v) is 6.17. The summed E-state index contributed by atoms with van der Waals surface area (Å²) in [5.74, 6) is 0. The maximum atomic E-state index is 3.62. The minimum atomic E-state index is 1.21. The molecule has 0 aliphatic heterocycles. The van der Waals surface area contributed by atoms with Gasteiger partial charge >= 0.3 is 0 Å². The summed E-state index contributed by atoms with van der Waals surface area (Å²) >= 11 is 0. The quantitative estimate of drug-likeness (QED) is 0.579. The highest BCUT2D eigenvalue weighted by atomic mass is 13.9. The Morgan fingerprint density at radius 1 is 1.20 bits per heavy atom. The van der Waals surface area contributed by atoms with Gasteiger partial charge in [-0.15, -0.1) is 6.58 Å². The van der Waals surface area contributed by atoms with Crippen molar-refractivity contribution in [2.45, 2.75) is 6.92 Å². The lowest BCUT2D eigenvalue weighted by molar-refractivity contribution is 1.43. The second-order valence-corrected chi connectivity index (χ2v) is 2.31. The van der Waals surface area contributed by atoms with Gasteiger partial charge < -0.3 is 0 Å². The van der Waals surface area contributed by atoms with E-state index < -0.39 is 0 Å². The molecule has 0 bridgehead atoms. The van der Waals surface area contributed by atoms with Gasteiger partial charge in [0.05, 0.1) is 0 Å². The second-order valence-electron chi connectivity index (χ2n) is 2.31. The lowest BCUT2D eigenvalue weighted by Gasteiger charge is -1.94. The Morgan fingerprint density at radius 2 is 1.80 bits per heavy atom. The Kier molecular flexibility index (Phi) is 2.27. The summed E-state index contributed by atoms with van der Waals surface area (Å²) in [7, 11) is 0. The Bertz CT molecular complexity index is 206. The lowest BCUT2D eigenvalue weighted by Crippen LogP contribution is -1.76. The third kappa shape index (κ3) is 1.73. The number of hydrogen-bond acceptors (Lipinski definition) is 0. The zero-order valence-electron chi connectivity index (χ0n) is 6.17. The normalized spacial score (nSPS) is 9.30. The standard InChI is InChI=1S/C10H11/c1-3-4-10-7-5-9(2)6-8-10/h3-8H,1H2,2H3. The molecule has 0 saturated carbocycles. The molecule has 0 N–H and O–H groups in total. The highest BCUT2D eigenvalue weighted by molar-refractivity contribution is 5.29. The fourth-order valence-electron chi connectivity index (χ4n) is 0.814.